The first-order valence-electron chi connectivity index (χ1n) is 17.0. The van der Waals surface area contributed by atoms with E-state index in [0.717, 1.165) is 22.4 Å². The van der Waals surface area contributed by atoms with Crippen LogP contribution in [0.2, 0.25) is 0 Å². The number of nitrogens with one attached hydrogen (secondary N) is 2. The van der Waals surface area contributed by atoms with Gasteiger partial charge in [0, 0.05) is 18.0 Å². The van der Waals surface area contributed by atoms with Crippen molar-refractivity contribution in [1.82, 2.24) is 15.5 Å². The third-order valence-corrected chi connectivity index (χ3v) is 8.95. The number of ether oxygens (including phenoxy) is 2. The van der Waals surface area contributed by atoms with Gasteiger partial charge in [0.25, 0.3) is 0 Å². The van der Waals surface area contributed by atoms with E-state index in [9.17, 15) is 14.4 Å². The highest BCUT2D eigenvalue weighted by Crippen LogP contribution is 2.29. The van der Waals surface area contributed by atoms with Gasteiger partial charge >= 0.3 is 5.97 Å². The molecule has 3 aromatic rings. The lowest BCUT2D eigenvalue weighted by Crippen LogP contribution is -2.61. The molecular weight excluding hydrogens is 614 g/mol. The number of rotatable bonds is 15. The number of hydrogen-bond acceptors (Lipinski definition) is 6. The van der Waals surface area contributed by atoms with E-state index in [2.05, 4.69) is 10.6 Å². The molecule has 0 radical (unpaired) electrons. The fourth-order valence-corrected chi connectivity index (χ4v) is 5.84. The fraction of sp³-hybridized carbons (Fsp3) is 0.439. The Balaban J connectivity index is 1.68. The van der Waals surface area contributed by atoms with Crippen LogP contribution in [0.4, 0.5) is 0 Å². The van der Waals surface area contributed by atoms with E-state index in [0.29, 0.717) is 12.2 Å². The molecule has 3 aromatic carbocycles. The van der Waals surface area contributed by atoms with E-state index in [1.807, 2.05) is 133 Å². The summed E-state index contributed by atoms with van der Waals surface area (Å²) in [6.07, 6.45) is 1.78. The number of carbonyl (C=O) groups excluding carboxylic acids is 3. The summed E-state index contributed by atoms with van der Waals surface area (Å²) in [5.41, 5.74) is 2.20. The standard InChI is InChI=1S/C41H55N3O5/c1-28(2)34(25-29(3)39(47)49-27-31-21-23-33(24-22-31)48-26-30-17-13-11-14-18-30)44(10)38(46)36(40(4,5)6)43-37(45)35(42-9)41(7,8)32-19-15-12-16-20-32/h11-25,28,34-36,42H,26-27H2,1-10H3,(H,43,45)/t34-,35+,36+/m0/s1. The quantitative estimate of drug-likeness (QED) is 0.136. The monoisotopic (exact) mass is 669 g/mol. The molecule has 0 bridgehead atoms. The Kier molecular flexibility index (Phi) is 13.8. The Morgan fingerprint density at radius 2 is 1.35 bits per heavy atom. The van der Waals surface area contributed by atoms with Gasteiger partial charge in [0.1, 0.15) is 25.0 Å². The van der Waals surface area contributed by atoms with Crippen LogP contribution in [-0.4, -0.2) is 54.9 Å². The summed E-state index contributed by atoms with van der Waals surface area (Å²) in [4.78, 5) is 42.7. The van der Waals surface area contributed by atoms with Crippen molar-refractivity contribution in [3.8, 4) is 5.75 Å². The minimum Gasteiger partial charge on any atom is -0.489 e. The third-order valence-electron chi connectivity index (χ3n) is 8.95. The van der Waals surface area contributed by atoms with E-state index in [1.54, 1.807) is 32.0 Å². The van der Waals surface area contributed by atoms with Crippen molar-refractivity contribution in [3.63, 3.8) is 0 Å². The van der Waals surface area contributed by atoms with Gasteiger partial charge in [-0.2, -0.15) is 0 Å². The first kappa shape index (κ1) is 39.0. The van der Waals surface area contributed by atoms with Gasteiger partial charge in [-0.3, -0.25) is 9.59 Å². The van der Waals surface area contributed by atoms with Gasteiger partial charge in [0.05, 0.1) is 12.1 Å². The van der Waals surface area contributed by atoms with E-state index >= 15 is 0 Å². The average Bonchev–Trinajstić information content (AvgIpc) is 3.07. The van der Waals surface area contributed by atoms with Gasteiger partial charge in [-0.05, 0) is 54.1 Å². The zero-order chi connectivity index (χ0) is 36.4. The Hall–Kier alpha value is -4.43. The first-order valence-corrected chi connectivity index (χ1v) is 17.0. The number of hydrogen-bond donors (Lipinski definition) is 2. The second-order valence-corrected chi connectivity index (χ2v) is 14.6. The lowest BCUT2D eigenvalue weighted by molar-refractivity contribution is -0.141. The molecule has 49 heavy (non-hydrogen) atoms. The third kappa shape index (κ3) is 10.8. The number of nitrogens with zero attached hydrogens (tertiary/aromatic N) is 1. The topological polar surface area (TPSA) is 97.0 Å². The number of carbonyl (C=O) groups is 3. The summed E-state index contributed by atoms with van der Waals surface area (Å²) >= 11 is 0. The molecule has 0 spiro atoms. The fourth-order valence-electron chi connectivity index (χ4n) is 5.84. The molecule has 8 nitrogen and oxygen atoms in total. The lowest BCUT2D eigenvalue weighted by Gasteiger charge is -2.40. The molecule has 264 valence electrons. The lowest BCUT2D eigenvalue weighted by atomic mass is 9.76. The second-order valence-electron chi connectivity index (χ2n) is 14.6. The van der Waals surface area contributed by atoms with Crippen LogP contribution in [0.25, 0.3) is 0 Å². The first-order chi connectivity index (χ1) is 23.1. The van der Waals surface area contributed by atoms with Gasteiger partial charge in [-0.1, -0.05) is 127 Å². The molecule has 3 rings (SSSR count). The number of esters is 1. The van der Waals surface area contributed by atoms with E-state index in [1.165, 1.54) is 0 Å². The van der Waals surface area contributed by atoms with Crippen molar-refractivity contribution < 1.29 is 23.9 Å². The molecule has 0 aliphatic rings. The average molecular weight is 670 g/mol. The highest BCUT2D eigenvalue weighted by molar-refractivity contribution is 5.92. The highest BCUT2D eigenvalue weighted by atomic mass is 16.5. The smallest absolute Gasteiger partial charge is 0.333 e. The number of likely N-dealkylation sites (N-methyl/N-ethyl adjacent to an activating group) is 2. The molecular formula is C41H55N3O5. The van der Waals surface area contributed by atoms with Crippen molar-refractivity contribution in [1.29, 1.82) is 0 Å². The number of benzene rings is 3. The van der Waals surface area contributed by atoms with Crippen LogP contribution >= 0.6 is 0 Å². The minimum absolute atomic E-state index is 0.0153. The molecule has 2 N–H and O–H groups in total. The van der Waals surface area contributed by atoms with Crippen molar-refractivity contribution >= 4 is 17.8 Å². The molecule has 0 heterocycles. The largest absolute Gasteiger partial charge is 0.489 e. The second kappa shape index (κ2) is 17.3. The molecule has 0 aliphatic carbocycles. The summed E-state index contributed by atoms with van der Waals surface area (Å²) < 4.78 is 11.5. The maximum absolute atomic E-state index is 14.2. The Morgan fingerprint density at radius 1 is 0.796 bits per heavy atom. The summed E-state index contributed by atoms with van der Waals surface area (Å²) in [7, 11) is 3.48. The molecule has 0 aromatic heterocycles. The van der Waals surface area contributed by atoms with Gasteiger partial charge in [-0.25, -0.2) is 4.79 Å². The molecule has 0 saturated heterocycles. The van der Waals surface area contributed by atoms with Gasteiger partial charge in [0.15, 0.2) is 0 Å². The molecule has 0 fully saturated rings. The van der Waals surface area contributed by atoms with E-state index in [4.69, 9.17) is 9.47 Å². The van der Waals surface area contributed by atoms with E-state index in [-0.39, 0.29) is 24.3 Å². The normalized spacial score (nSPS) is 14.1. The zero-order valence-corrected chi connectivity index (χ0v) is 30.9. The molecule has 3 atom stereocenters. The summed E-state index contributed by atoms with van der Waals surface area (Å²) in [6.45, 7) is 16.1. The van der Waals surface area contributed by atoms with Gasteiger partial charge in [-0.15, -0.1) is 0 Å². The summed E-state index contributed by atoms with van der Waals surface area (Å²) in [5.74, 6) is -0.243. The van der Waals surface area contributed by atoms with Crippen LogP contribution in [0, 0.1) is 11.3 Å². The van der Waals surface area contributed by atoms with Crippen LogP contribution in [0.15, 0.2) is 96.6 Å². The van der Waals surface area contributed by atoms with Crippen LogP contribution in [0.5, 0.6) is 5.75 Å². The van der Waals surface area contributed by atoms with Crippen molar-refractivity contribution in [3.05, 3.63) is 113 Å². The summed E-state index contributed by atoms with van der Waals surface area (Å²) in [5, 5.41) is 6.26. The Morgan fingerprint density at radius 3 is 1.88 bits per heavy atom. The summed E-state index contributed by atoms with van der Waals surface area (Å²) in [6, 6.07) is 25.4. The van der Waals surface area contributed by atoms with Crippen LogP contribution in [0.3, 0.4) is 0 Å². The Labute approximate surface area is 293 Å². The van der Waals surface area contributed by atoms with Crippen molar-refractivity contribution in [2.75, 3.05) is 14.1 Å². The van der Waals surface area contributed by atoms with Crippen LogP contribution < -0.4 is 15.4 Å². The maximum atomic E-state index is 14.2. The SMILES string of the molecule is CN[C@H](C(=O)N[C@H](C(=O)N(C)[C@@H](C=C(C)C(=O)OCc1ccc(OCc2ccccc2)cc1)C(C)C)C(C)(C)C)C(C)(C)c1ccccc1. The molecule has 0 unspecified atom stereocenters. The van der Waals surface area contributed by atoms with Crippen molar-refractivity contribution in [2.45, 2.75) is 92.1 Å². The van der Waals surface area contributed by atoms with Crippen molar-refractivity contribution in [2.24, 2.45) is 11.3 Å². The molecule has 8 heteroatoms. The molecule has 0 saturated carbocycles. The predicted octanol–water partition coefficient (Wildman–Crippen LogP) is 6.83. The van der Waals surface area contributed by atoms with E-state index < -0.39 is 34.9 Å². The van der Waals surface area contributed by atoms with Crippen LogP contribution in [-0.2, 0) is 37.7 Å². The zero-order valence-electron chi connectivity index (χ0n) is 30.9. The Bertz CT molecular complexity index is 1540. The number of amides is 2. The van der Waals surface area contributed by atoms with Gasteiger partial charge in [0.2, 0.25) is 11.8 Å². The maximum Gasteiger partial charge on any atom is 0.333 e. The highest BCUT2D eigenvalue weighted by Gasteiger charge is 2.41. The predicted molar refractivity (Wildman–Crippen MR) is 196 cm³/mol. The molecule has 2 amide bonds. The minimum atomic E-state index is -0.811. The van der Waals surface area contributed by atoms with Gasteiger partial charge < -0.3 is 25.0 Å². The molecule has 0 aliphatic heterocycles. The van der Waals surface area contributed by atoms with Crippen LogP contribution in [0.1, 0.15) is 72.1 Å².